The first kappa shape index (κ1) is 14.1. The van der Waals surface area contributed by atoms with Crippen molar-refractivity contribution in [2.24, 2.45) is 5.41 Å². The fourth-order valence-electron chi connectivity index (χ4n) is 2.67. The second kappa shape index (κ2) is 5.33. The molecule has 1 aliphatic rings. The third-order valence-electron chi connectivity index (χ3n) is 3.52. The van der Waals surface area contributed by atoms with Gasteiger partial charge >= 0.3 is 0 Å². The van der Waals surface area contributed by atoms with Crippen molar-refractivity contribution in [1.82, 2.24) is 5.32 Å². The zero-order valence-corrected chi connectivity index (χ0v) is 12.4. The lowest BCUT2D eigenvalue weighted by Crippen LogP contribution is -2.47. The molecular formula is C16H24N2O. The van der Waals surface area contributed by atoms with Gasteiger partial charge in [0.15, 0.2) is 0 Å². The van der Waals surface area contributed by atoms with Gasteiger partial charge in [-0.25, -0.2) is 0 Å². The van der Waals surface area contributed by atoms with E-state index in [4.69, 9.17) is 0 Å². The van der Waals surface area contributed by atoms with Gasteiger partial charge in [0.1, 0.15) is 0 Å². The van der Waals surface area contributed by atoms with Crippen LogP contribution in [0.4, 0.5) is 5.69 Å². The summed E-state index contributed by atoms with van der Waals surface area (Å²) < 4.78 is 0. The summed E-state index contributed by atoms with van der Waals surface area (Å²) in [6, 6.07) is 6.36. The first-order valence-electron chi connectivity index (χ1n) is 6.97. The Labute approximate surface area is 116 Å². The number of carbonyl (C=O) groups excluding carboxylic acids is 1. The third-order valence-corrected chi connectivity index (χ3v) is 3.52. The average Bonchev–Trinajstić information content (AvgIpc) is 2.28. The molecular weight excluding hydrogens is 236 g/mol. The van der Waals surface area contributed by atoms with Crippen molar-refractivity contribution in [1.29, 1.82) is 0 Å². The largest absolute Gasteiger partial charge is 0.316 e. The number of hydrogen-bond acceptors (Lipinski definition) is 2. The number of nitrogens with one attached hydrogen (secondary N) is 1. The van der Waals surface area contributed by atoms with E-state index in [0.717, 1.165) is 25.3 Å². The summed E-state index contributed by atoms with van der Waals surface area (Å²) in [6.07, 6.45) is 0.572. The van der Waals surface area contributed by atoms with Gasteiger partial charge in [-0.3, -0.25) is 4.79 Å². The van der Waals surface area contributed by atoms with Crippen molar-refractivity contribution in [3.63, 3.8) is 0 Å². The number of nitrogens with zero attached hydrogens (tertiary/aromatic N) is 1. The zero-order valence-electron chi connectivity index (χ0n) is 12.4. The highest BCUT2D eigenvalue weighted by Crippen LogP contribution is 2.25. The van der Waals surface area contributed by atoms with Crippen LogP contribution in [0.15, 0.2) is 18.2 Å². The van der Waals surface area contributed by atoms with Gasteiger partial charge in [0.25, 0.3) is 0 Å². The molecule has 0 atom stereocenters. The smallest absolute Gasteiger partial charge is 0.228 e. The number of aryl methyl sites for hydroxylation is 2. The van der Waals surface area contributed by atoms with Crippen molar-refractivity contribution in [3.05, 3.63) is 29.3 Å². The van der Waals surface area contributed by atoms with Crippen LogP contribution in [0, 0.1) is 19.3 Å². The van der Waals surface area contributed by atoms with Crippen LogP contribution in [-0.2, 0) is 4.79 Å². The highest BCUT2D eigenvalue weighted by molar-refractivity contribution is 5.93. The summed E-state index contributed by atoms with van der Waals surface area (Å²) in [4.78, 5) is 14.3. The molecule has 1 saturated heterocycles. The van der Waals surface area contributed by atoms with Gasteiger partial charge in [0.2, 0.25) is 5.91 Å². The van der Waals surface area contributed by atoms with Crippen LogP contribution in [0.25, 0.3) is 0 Å². The van der Waals surface area contributed by atoms with E-state index in [0.29, 0.717) is 6.42 Å². The van der Waals surface area contributed by atoms with Crippen LogP contribution in [0.3, 0.4) is 0 Å². The molecule has 3 nitrogen and oxygen atoms in total. The van der Waals surface area contributed by atoms with E-state index in [1.807, 2.05) is 4.90 Å². The molecule has 0 saturated carbocycles. The van der Waals surface area contributed by atoms with Gasteiger partial charge in [-0.1, -0.05) is 19.9 Å². The van der Waals surface area contributed by atoms with E-state index >= 15 is 0 Å². The molecule has 0 bridgehead atoms. The fourth-order valence-corrected chi connectivity index (χ4v) is 2.67. The maximum Gasteiger partial charge on any atom is 0.228 e. The van der Waals surface area contributed by atoms with Crippen LogP contribution >= 0.6 is 0 Å². The molecule has 1 aliphatic heterocycles. The second-order valence-corrected chi connectivity index (χ2v) is 6.42. The molecule has 0 aliphatic carbocycles. The number of hydrogen-bond donors (Lipinski definition) is 1. The molecule has 1 heterocycles. The summed E-state index contributed by atoms with van der Waals surface area (Å²) in [7, 11) is 0. The quantitative estimate of drug-likeness (QED) is 0.842. The predicted molar refractivity (Wildman–Crippen MR) is 79.5 cm³/mol. The molecule has 0 unspecified atom stereocenters. The summed E-state index contributed by atoms with van der Waals surface area (Å²) >= 11 is 0. The molecule has 19 heavy (non-hydrogen) atoms. The van der Waals surface area contributed by atoms with Gasteiger partial charge in [-0.2, -0.15) is 0 Å². The fraction of sp³-hybridized carbons (Fsp3) is 0.562. The summed E-state index contributed by atoms with van der Waals surface area (Å²) in [5, 5.41) is 3.36. The topological polar surface area (TPSA) is 32.3 Å². The monoisotopic (exact) mass is 260 g/mol. The minimum Gasteiger partial charge on any atom is -0.316 e. The highest BCUT2D eigenvalue weighted by Gasteiger charge is 2.28. The molecule has 1 aromatic carbocycles. The van der Waals surface area contributed by atoms with Gasteiger partial charge in [-0.05, 0) is 42.5 Å². The lowest BCUT2D eigenvalue weighted by atomic mass is 9.91. The van der Waals surface area contributed by atoms with Gasteiger partial charge in [-0.15, -0.1) is 0 Å². The molecule has 0 radical (unpaired) electrons. The summed E-state index contributed by atoms with van der Waals surface area (Å²) in [5.74, 6) is 0.213. The molecule has 2 rings (SSSR count). The van der Waals surface area contributed by atoms with Gasteiger partial charge in [0, 0.05) is 31.7 Å². The predicted octanol–water partition coefficient (Wildman–Crippen LogP) is 2.66. The number of benzene rings is 1. The summed E-state index contributed by atoms with van der Waals surface area (Å²) in [6.45, 7) is 11.0. The maximum atomic E-state index is 12.4. The van der Waals surface area contributed by atoms with Crippen molar-refractivity contribution < 1.29 is 4.79 Å². The van der Waals surface area contributed by atoms with Gasteiger partial charge in [0.05, 0.1) is 0 Å². The first-order chi connectivity index (χ1) is 8.87. The van der Waals surface area contributed by atoms with Crippen LogP contribution in [0.2, 0.25) is 0 Å². The molecule has 3 heteroatoms. The van der Waals surface area contributed by atoms with Gasteiger partial charge < -0.3 is 10.2 Å². The first-order valence-corrected chi connectivity index (χ1v) is 6.97. The maximum absolute atomic E-state index is 12.4. The Kier molecular flexibility index (Phi) is 3.95. The van der Waals surface area contributed by atoms with E-state index in [-0.39, 0.29) is 11.3 Å². The normalized spacial score (nSPS) is 20.0. The Hall–Kier alpha value is -1.35. The Morgan fingerprint density at radius 3 is 2.42 bits per heavy atom. The average molecular weight is 260 g/mol. The van der Waals surface area contributed by atoms with Crippen molar-refractivity contribution in [2.45, 2.75) is 34.1 Å². The molecule has 0 aromatic heterocycles. The SMILES string of the molecule is Cc1cc(C)cc(N2CC(C)(C)CNCCC2=O)c1. The van der Waals surface area contributed by atoms with Crippen LogP contribution < -0.4 is 10.2 Å². The molecule has 104 valence electrons. The molecule has 1 amide bonds. The van der Waals surface area contributed by atoms with E-state index in [2.05, 4.69) is 51.2 Å². The number of anilines is 1. The van der Waals surface area contributed by atoms with Crippen molar-refractivity contribution in [3.8, 4) is 0 Å². The van der Waals surface area contributed by atoms with E-state index in [1.54, 1.807) is 0 Å². The zero-order chi connectivity index (χ0) is 14.0. The Morgan fingerprint density at radius 1 is 1.16 bits per heavy atom. The van der Waals surface area contributed by atoms with Crippen molar-refractivity contribution >= 4 is 11.6 Å². The lowest BCUT2D eigenvalue weighted by Gasteiger charge is -2.35. The minimum absolute atomic E-state index is 0.0910. The molecule has 1 fully saturated rings. The Bertz CT molecular complexity index is 459. The van der Waals surface area contributed by atoms with Crippen LogP contribution in [-0.4, -0.2) is 25.5 Å². The van der Waals surface area contributed by atoms with Crippen molar-refractivity contribution in [2.75, 3.05) is 24.5 Å². The number of carbonyl (C=O) groups is 1. The second-order valence-electron chi connectivity index (χ2n) is 6.42. The lowest BCUT2D eigenvalue weighted by molar-refractivity contribution is -0.119. The summed E-state index contributed by atoms with van der Waals surface area (Å²) in [5.41, 5.74) is 3.55. The Morgan fingerprint density at radius 2 is 1.79 bits per heavy atom. The van der Waals surface area contributed by atoms with Crippen LogP contribution in [0.5, 0.6) is 0 Å². The molecule has 0 spiro atoms. The standard InChI is InChI=1S/C16H24N2O/c1-12-7-13(2)9-14(8-12)18-11-16(3,4)10-17-6-5-15(18)19/h7-9,17H,5-6,10-11H2,1-4H3. The number of amides is 1. The van der Waals surface area contributed by atoms with E-state index < -0.39 is 0 Å². The van der Waals surface area contributed by atoms with Crippen LogP contribution in [0.1, 0.15) is 31.4 Å². The van der Waals surface area contributed by atoms with E-state index in [1.165, 1.54) is 11.1 Å². The molecule has 1 N–H and O–H groups in total. The third kappa shape index (κ3) is 3.57. The number of rotatable bonds is 1. The molecule has 1 aromatic rings. The Balaban J connectivity index is 2.34. The highest BCUT2D eigenvalue weighted by atomic mass is 16.2. The van der Waals surface area contributed by atoms with E-state index in [9.17, 15) is 4.79 Å². The minimum atomic E-state index is 0.0910.